The average Bonchev–Trinajstić information content (AvgIpc) is 2.96. The fraction of sp³-hybridized carbons (Fsp3) is 0.189. The van der Waals surface area contributed by atoms with Crippen molar-refractivity contribution in [3.63, 3.8) is 0 Å². The third-order valence-corrected chi connectivity index (χ3v) is 8.09. The molecule has 5 rings (SSSR count). The first-order valence-electron chi connectivity index (χ1n) is 13.9. The van der Waals surface area contributed by atoms with Crippen LogP contribution >= 0.6 is 0 Å². The Bertz CT molecular complexity index is 1540. The molecule has 5 aromatic rings. The quantitative estimate of drug-likeness (QED) is 0.211. The SMILES string of the molecule is CCc1cccc(N(c2ccc(CC(C)(c3ccc(O)cc3)c3ccc(O)cc3)cc2)c2ccc(C)c(C)c2)c1. The Kier molecular flexibility index (Phi) is 7.66. The van der Waals surface area contributed by atoms with E-state index in [1.54, 1.807) is 24.3 Å². The van der Waals surface area contributed by atoms with E-state index >= 15 is 0 Å². The summed E-state index contributed by atoms with van der Waals surface area (Å²) in [6, 6.07) is 39.1. The van der Waals surface area contributed by atoms with E-state index in [1.165, 1.54) is 22.3 Å². The van der Waals surface area contributed by atoms with Crippen LogP contribution in [0.4, 0.5) is 17.1 Å². The molecule has 0 atom stereocenters. The number of benzene rings is 5. The summed E-state index contributed by atoms with van der Waals surface area (Å²) in [6.45, 7) is 8.72. The van der Waals surface area contributed by atoms with Crippen molar-refractivity contribution >= 4 is 17.1 Å². The standard InChI is InChI=1S/C37H37NO2/c1-5-28-7-6-8-33(24-28)38(34-16-9-26(2)27(3)23-34)32-17-10-29(11-18-32)25-37(4,30-12-19-35(39)20-13-30)31-14-21-36(40)22-15-31/h6-24,39-40H,5,25H2,1-4H3. The molecule has 0 heterocycles. The Morgan fingerprint density at radius 1 is 0.575 bits per heavy atom. The summed E-state index contributed by atoms with van der Waals surface area (Å²) in [4.78, 5) is 2.33. The molecular weight excluding hydrogens is 490 g/mol. The lowest BCUT2D eigenvalue weighted by atomic mass is 9.72. The van der Waals surface area contributed by atoms with Gasteiger partial charge in [0.1, 0.15) is 11.5 Å². The topological polar surface area (TPSA) is 43.7 Å². The molecule has 3 nitrogen and oxygen atoms in total. The molecule has 0 unspecified atom stereocenters. The van der Waals surface area contributed by atoms with Crippen molar-refractivity contribution in [2.75, 3.05) is 4.90 Å². The van der Waals surface area contributed by atoms with E-state index in [0.29, 0.717) is 0 Å². The molecule has 40 heavy (non-hydrogen) atoms. The summed E-state index contributed by atoms with van der Waals surface area (Å²) >= 11 is 0. The van der Waals surface area contributed by atoms with Crippen molar-refractivity contribution in [3.05, 3.63) is 149 Å². The Balaban J connectivity index is 1.54. The third kappa shape index (κ3) is 5.60. The van der Waals surface area contributed by atoms with E-state index in [2.05, 4.69) is 99.3 Å². The number of anilines is 3. The Morgan fingerprint density at radius 2 is 1.12 bits per heavy atom. The zero-order valence-corrected chi connectivity index (χ0v) is 23.7. The van der Waals surface area contributed by atoms with Gasteiger partial charge < -0.3 is 15.1 Å². The summed E-state index contributed by atoms with van der Waals surface area (Å²) in [5.74, 6) is 0.500. The van der Waals surface area contributed by atoms with Crippen molar-refractivity contribution < 1.29 is 10.2 Å². The first-order valence-corrected chi connectivity index (χ1v) is 13.9. The maximum atomic E-state index is 9.92. The molecule has 0 aliphatic carbocycles. The molecule has 2 N–H and O–H groups in total. The molecule has 0 aliphatic heterocycles. The van der Waals surface area contributed by atoms with Crippen LogP contribution in [0.2, 0.25) is 0 Å². The number of rotatable bonds is 8. The zero-order valence-electron chi connectivity index (χ0n) is 23.7. The summed E-state index contributed by atoms with van der Waals surface area (Å²) in [7, 11) is 0. The first kappa shape index (κ1) is 27.1. The van der Waals surface area contributed by atoms with Gasteiger partial charge in [0.2, 0.25) is 0 Å². The molecule has 0 bridgehead atoms. The molecule has 202 valence electrons. The van der Waals surface area contributed by atoms with Gasteiger partial charge in [-0.2, -0.15) is 0 Å². The van der Waals surface area contributed by atoms with Crippen molar-refractivity contribution in [2.24, 2.45) is 0 Å². The average molecular weight is 528 g/mol. The summed E-state index contributed by atoms with van der Waals surface area (Å²) in [5, 5.41) is 19.8. The second kappa shape index (κ2) is 11.3. The molecule has 0 aliphatic rings. The third-order valence-electron chi connectivity index (χ3n) is 8.09. The van der Waals surface area contributed by atoms with Crippen LogP contribution in [0.5, 0.6) is 11.5 Å². The predicted molar refractivity (Wildman–Crippen MR) is 166 cm³/mol. The zero-order chi connectivity index (χ0) is 28.3. The van der Waals surface area contributed by atoms with Crippen LogP contribution in [-0.4, -0.2) is 10.2 Å². The Hall–Kier alpha value is -4.50. The van der Waals surface area contributed by atoms with E-state index in [0.717, 1.165) is 41.0 Å². The normalized spacial score (nSPS) is 11.4. The number of hydrogen-bond donors (Lipinski definition) is 2. The second-order valence-corrected chi connectivity index (χ2v) is 10.9. The summed E-state index contributed by atoms with van der Waals surface area (Å²) in [6.07, 6.45) is 1.75. The van der Waals surface area contributed by atoms with Gasteiger partial charge in [-0.15, -0.1) is 0 Å². The molecule has 3 heteroatoms. The van der Waals surface area contributed by atoms with Crippen LogP contribution in [0.25, 0.3) is 0 Å². The molecule has 0 amide bonds. The van der Waals surface area contributed by atoms with Crippen LogP contribution in [-0.2, 0) is 18.3 Å². The van der Waals surface area contributed by atoms with Gasteiger partial charge in [-0.3, -0.25) is 0 Å². The number of nitrogens with zero attached hydrogens (tertiary/aromatic N) is 1. The van der Waals surface area contributed by atoms with Crippen LogP contribution < -0.4 is 4.90 Å². The first-order chi connectivity index (χ1) is 19.3. The van der Waals surface area contributed by atoms with Gasteiger partial charge in [0.15, 0.2) is 0 Å². The van der Waals surface area contributed by atoms with Gasteiger partial charge in [-0.1, -0.05) is 68.4 Å². The van der Waals surface area contributed by atoms with Crippen LogP contribution in [0.3, 0.4) is 0 Å². The molecule has 0 fully saturated rings. The van der Waals surface area contributed by atoms with Gasteiger partial charge in [0.25, 0.3) is 0 Å². The summed E-state index contributed by atoms with van der Waals surface area (Å²) < 4.78 is 0. The molecule has 0 aromatic heterocycles. The van der Waals surface area contributed by atoms with Crippen molar-refractivity contribution in [1.29, 1.82) is 0 Å². The van der Waals surface area contributed by atoms with E-state index in [9.17, 15) is 10.2 Å². The highest BCUT2D eigenvalue weighted by Gasteiger charge is 2.29. The molecule has 0 saturated carbocycles. The van der Waals surface area contributed by atoms with Crippen LogP contribution in [0, 0.1) is 13.8 Å². The second-order valence-electron chi connectivity index (χ2n) is 10.9. The highest BCUT2D eigenvalue weighted by molar-refractivity contribution is 5.77. The predicted octanol–water partition coefficient (Wildman–Crippen LogP) is 9.30. The molecule has 0 saturated heterocycles. The highest BCUT2D eigenvalue weighted by Crippen LogP contribution is 2.39. The maximum absolute atomic E-state index is 9.92. The summed E-state index contributed by atoms with van der Waals surface area (Å²) in [5.41, 5.74) is 10.3. The van der Waals surface area contributed by atoms with Gasteiger partial charge >= 0.3 is 0 Å². The minimum atomic E-state index is -0.355. The fourth-order valence-electron chi connectivity index (χ4n) is 5.43. The van der Waals surface area contributed by atoms with Crippen molar-refractivity contribution in [1.82, 2.24) is 0 Å². The van der Waals surface area contributed by atoms with Crippen molar-refractivity contribution in [3.8, 4) is 11.5 Å². The maximum Gasteiger partial charge on any atom is 0.115 e. The smallest absolute Gasteiger partial charge is 0.115 e. The molecule has 5 aromatic carbocycles. The minimum absolute atomic E-state index is 0.250. The molecule has 0 spiro atoms. The highest BCUT2D eigenvalue weighted by atomic mass is 16.3. The number of aryl methyl sites for hydroxylation is 3. The van der Waals surface area contributed by atoms with Gasteiger partial charge in [0, 0.05) is 22.5 Å². The van der Waals surface area contributed by atoms with Gasteiger partial charge in [0.05, 0.1) is 0 Å². The lowest BCUT2D eigenvalue weighted by Crippen LogP contribution is -2.26. The van der Waals surface area contributed by atoms with E-state index < -0.39 is 0 Å². The van der Waals surface area contributed by atoms with E-state index in [1.807, 2.05) is 24.3 Å². The van der Waals surface area contributed by atoms with Crippen LogP contribution in [0.1, 0.15) is 47.2 Å². The van der Waals surface area contributed by atoms with Crippen molar-refractivity contribution in [2.45, 2.75) is 46.0 Å². The largest absolute Gasteiger partial charge is 0.508 e. The lowest BCUT2D eigenvalue weighted by molar-refractivity contribution is 0.473. The number of phenols is 2. The fourth-order valence-corrected chi connectivity index (χ4v) is 5.43. The number of aromatic hydroxyl groups is 2. The van der Waals surface area contributed by atoms with E-state index in [4.69, 9.17) is 0 Å². The Labute approximate surface area is 238 Å². The van der Waals surface area contributed by atoms with E-state index in [-0.39, 0.29) is 16.9 Å². The van der Waals surface area contributed by atoms with Gasteiger partial charge in [-0.25, -0.2) is 0 Å². The lowest BCUT2D eigenvalue weighted by Gasteiger charge is -2.32. The van der Waals surface area contributed by atoms with Crippen LogP contribution in [0.15, 0.2) is 115 Å². The molecular formula is C37H37NO2. The number of phenolic OH excluding ortho intramolecular Hbond substituents is 2. The monoisotopic (exact) mass is 527 g/mol. The van der Waals surface area contributed by atoms with Gasteiger partial charge in [-0.05, 0) is 121 Å². The molecule has 0 radical (unpaired) electrons. The number of hydrogen-bond acceptors (Lipinski definition) is 3. The Morgan fingerprint density at radius 3 is 1.68 bits per heavy atom. The minimum Gasteiger partial charge on any atom is -0.508 e.